The summed E-state index contributed by atoms with van der Waals surface area (Å²) in [6.45, 7) is 5.40. The highest BCUT2D eigenvalue weighted by atomic mass is 79.9. The van der Waals surface area contributed by atoms with Crippen molar-refractivity contribution in [1.82, 2.24) is 0 Å². The van der Waals surface area contributed by atoms with Crippen molar-refractivity contribution < 1.29 is 0 Å². The lowest BCUT2D eigenvalue weighted by Gasteiger charge is -2.11. The van der Waals surface area contributed by atoms with Crippen molar-refractivity contribution in [2.45, 2.75) is 20.3 Å². The van der Waals surface area contributed by atoms with Crippen LogP contribution in [0.25, 0.3) is 0 Å². The molecule has 0 spiro atoms. The van der Waals surface area contributed by atoms with Gasteiger partial charge in [-0.3, -0.25) is 0 Å². The van der Waals surface area contributed by atoms with Crippen LogP contribution in [0.15, 0.2) is 22.7 Å². The van der Waals surface area contributed by atoms with Crippen LogP contribution in [0, 0.1) is 5.92 Å². The molecule has 0 heterocycles. The molecule has 0 amide bonds. The van der Waals surface area contributed by atoms with Crippen LogP contribution >= 0.6 is 28.1 Å². The lowest BCUT2D eigenvalue weighted by molar-refractivity contribution is 0.607. The molecule has 0 aliphatic heterocycles. The Morgan fingerprint density at radius 2 is 2.19 bits per heavy atom. The van der Waals surface area contributed by atoms with Crippen LogP contribution in [-0.2, 0) is 0 Å². The molecule has 1 rings (SSSR count). The third kappa shape index (κ3) is 4.10. The summed E-state index contributed by atoms with van der Waals surface area (Å²) in [5, 5.41) is 3.38. The van der Waals surface area contributed by atoms with Crippen LogP contribution in [0.2, 0.25) is 0 Å². The number of nitrogens with two attached hydrogens (primary N) is 1. The monoisotopic (exact) mass is 300 g/mol. The van der Waals surface area contributed by atoms with Gasteiger partial charge in [-0.25, -0.2) is 0 Å². The smallest absolute Gasteiger partial charge is 0.104 e. The molecular formula is C12H17BrN2S. The van der Waals surface area contributed by atoms with Crippen molar-refractivity contribution in [3.63, 3.8) is 0 Å². The summed E-state index contributed by atoms with van der Waals surface area (Å²) in [4.78, 5) is 0.425. The molecule has 0 saturated carbocycles. The van der Waals surface area contributed by atoms with Crippen molar-refractivity contribution in [2.75, 3.05) is 11.9 Å². The molecule has 88 valence electrons. The Morgan fingerprint density at radius 1 is 1.50 bits per heavy atom. The van der Waals surface area contributed by atoms with E-state index < -0.39 is 0 Å². The van der Waals surface area contributed by atoms with Gasteiger partial charge < -0.3 is 11.1 Å². The van der Waals surface area contributed by atoms with Crippen LogP contribution < -0.4 is 11.1 Å². The molecule has 3 N–H and O–H groups in total. The van der Waals surface area contributed by atoms with Crippen molar-refractivity contribution in [3.05, 3.63) is 28.2 Å². The van der Waals surface area contributed by atoms with E-state index in [1.54, 1.807) is 0 Å². The molecule has 0 fully saturated rings. The maximum atomic E-state index is 5.56. The topological polar surface area (TPSA) is 38.0 Å². The van der Waals surface area contributed by atoms with Crippen molar-refractivity contribution in [2.24, 2.45) is 11.7 Å². The largest absolute Gasteiger partial charge is 0.389 e. The van der Waals surface area contributed by atoms with E-state index in [4.69, 9.17) is 18.0 Å². The first-order chi connectivity index (χ1) is 7.50. The average Bonchev–Trinajstić information content (AvgIpc) is 2.19. The van der Waals surface area contributed by atoms with Crippen molar-refractivity contribution in [3.8, 4) is 0 Å². The molecule has 0 radical (unpaired) electrons. The molecule has 0 saturated heterocycles. The van der Waals surface area contributed by atoms with Crippen LogP contribution in [-0.4, -0.2) is 11.5 Å². The van der Waals surface area contributed by atoms with E-state index in [9.17, 15) is 0 Å². The second kappa shape index (κ2) is 6.21. The minimum atomic E-state index is 0.425. The maximum absolute atomic E-state index is 5.56. The number of thiocarbonyl (C=S) groups is 1. The molecular weight excluding hydrogens is 284 g/mol. The van der Waals surface area contributed by atoms with E-state index in [1.165, 1.54) is 0 Å². The van der Waals surface area contributed by atoms with Gasteiger partial charge in [-0.05, 0) is 46.5 Å². The number of nitrogens with one attached hydrogen (secondary N) is 1. The molecule has 0 aromatic heterocycles. The zero-order valence-corrected chi connectivity index (χ0v) is 12.0. The van der Waals surface area contributed by atoms with E-state index in [1.807, 2.05) is 18.2 Å². The normalized spacial score (nSPS) is 10.5. The van der Waals surface area contributed by atoms with Crippen molar-refractivity contribution >= 4 is 38.8 Å². The van der Waals surface area contributed by atoms with E-state index in [0.717, 1.165) is 28.7 Å². The number of benzene rings is 1. The minimum absolute atomic E-state index is 0.425. The fraction of sp³-hybridized carbons (Fsp3) is 0.417. The highest BCUT2D eigenvalue weighted by Crippen LogP contribution is 2.23. The number of hydrogen-bond donors (Lipinski definition) is 2. The van der Waals surface area contributed by atoms with Crippen LogP contribution in [0.1, 0.15) is 25.8 Å². The quantitative estimate of drug-likeness (QED) is 0.817. The Hall–Kier alpha value is -0.610. The first-order valence-corrected chi connectivity index (χ1v) is 6.54. The number of halogens is 1. The van der Waals surface area contributed by atoms with Crippen molar-refractivity contribution in [1.29, 1.82) is 0 Å². The second-order valence-corrected chi connectivity index (χ2v) is 5.46. The Bertz CT molecular complexity index is 377. The fourth-order valence-electron chi connectivity index (χ4n) is 1.31. The molecule has 0 aliphatic rings. The Labute approximate surface area is 111 Å². The SMILES string of the molecule is CC(C)CCNc1ccc(C(N)=S)cc1Br. The van der Waals surface area contributed by atoms with Gasteiger partial charge in [0.15, 0.2) is 0 Å². The molecule has 0 aliphatic carbocycles. The Kier molecular flexibility index (Phi) is 5.22. The maximum Gasteiger partial charge on any atom is 0.104 e. The zero-order chi connectivity index (χ0) is 12.1. The third-order valence-electron chi connectivity index (χ3n) is 2.29. The lowest BCUT2D eigenvalue weighted by Crippen LogP contribution is -2.10. The number of anilines is 1. The fourth-order valence-corrected chi connectivity index (χ4v) is 1.95. The standard InChI is InChI=1S/C12H17BrN2S/c1-8(2)5-6-15-11-4-3-9(12(14)16)7-10(11)13/h3-4,7-8,15H,5-6H2,1-2H3,(H2,14,16). The van der Waals surface area contributed by atoms with Crippen LogP contribution in [0.3, 0.4) is 0 Å². The molecule has 16 heavy (non-hydrogen) atoms. The molecule has 0 bridgehead atoms. The van der Waals surface area contributed by atoms with E-state index in [-0.39, 0.29) is 0 Å². The molecule has 1 aromatic rings. The predicted octanol–water partition coefficient (Wildman–Crippen LogP) is 3.54. The first-order valence-electron chi connectivity index (χ1n) is 5.34. The number of hydrogen-bond acceptors (Lipinski definition) is 2. The van der Waals surface area contributed by atoms with Gasteiger partial charge in [0, 0.05) is 22.3 Å². The van der Waals surface area contributed by atoms with Gasteiger partial charge in [0.05, 0.1) is 0 Å². The molecule has 1 aromatic carbocycles. The summed E-state index contributed by atoms with van der Waals surface area (Å²) in [6, 6.07) is 5.88. The Balaban J connectivity index is 2.64. The van der Waals surface area contributed by atoms with Gasteiger partial charge in [0.25, 0.3) is 0 Å². The Morgan fingerprint density at radius 3 is 2.69 bits per heavy atom. The van der Waals surface area contributed by atoms with Crippen LogP contribution in [0.4, 0.5) is 5.69 Å². The van der Waals surface area contributed by atoms with Gasteiger partial charge in [-0.2, -0.15) is 0 Å². The summed E-state index contributed by atoms with van der Waals surface area (Å²) >= 11 is 8.43. The molecule has 2 nitrogen and oxygen atoms in total. The summed E-state index contributed by atoms with van der Waals surface area (Å²) in [5.41, 5.74) is 7.53. The molecule has 0 unspecified atom stereocenters. The van der Waals surface area contributed by atoms with Gasteiger partial charge in [0.1, 0.15) is 4.99 Å². The van der Waals surface area contributed by atoms with Gasteiger partial charge in [-0.1, -0.05) is 26.1 Å². The van der Waals surface area contributed by atoms with Gasteiger partial charge in [-0.15, -0.1) is 0 Å². The summed E-state index contributed by atoms with van der Waals surface area (Å²) in [6.07, 6.45) is 1.16. The second-order valence-electron chi connectivity index (χ2n) is 4.17. The summed E-state index contributed by atoms with van der Waals surface area (Å²) in [7, 11) is 0. The zero-order valence-electron chi connectivity index (χ0n) is 9.59. The number of rotatable bonds is 5. The predicted molar refractivity (Wildman–Crippen MR) is 78.0 cm³/mol. The highest BCUT2D eigenvalue weighted by molar-refractivity contribution is 9.10. The van der Waals surface area contributed by atoms with E-state index in [2.05, 4.69) is 35.1 Å². The highest BCUT2D eigenvalue weighted by Gasteiger charge is 2.03. The minimum Gasteiger partial charge on any atom is -0.389 e. The van der Waals surface area contributed by atoms with E-state index >= 15 is 0 Å². The molecule has 4 heteroatoms. The van der Waals surface area contributed by atoms with Gasteiger partial charge >= 0.3 is 0 Å². The first kappa shape index (κ1) is 13.5. The average molecular weight is 301 g/mol. The summed E-state index contributed by atoms with van der Waals surface area (Å²) in [5.74, 6) is 0.710. The van der Waals surface area contributed by atoms with Crippen LogP contribution in [0.5, 0.6) is 0 Å². The molecule has 0 atom stereocenters. The lowest BCUT2D eigenvalue weighted by atomic mass is 10.1. The van der Waals surface area contributed by atoms with Gasteiger partial charge in [0.2, 0.25) is 0 Å². The third-order valence-corrected chi connectivity index (χ3v) is 3.18. The summed E-state index contributed by atoms with van der Waals surface area (Å²) < 4.78 is 1.00. The van der Waals surface area contributed by atoms with E-state index in [0.29, 0.717) is 10.9 Å².